The molecule has 114 valence electrons. The van der Waals surface area contributed by atoms with Crippen molar-refractivity contribution in [3.63, 3.8) is 0 Å². The van der Waals surface area contributed by atoms with Gasteiger partial charge in [-0.05, 0) is 34.6 Å². The predicted molar refractivity (Wildman–Crippen MR) is 76.3 cm³/mol. The highest BCUT2D eigenvalue weighted by molar-refractivity contribution is 5.70. The maximum atomic E-state index is 12.4. The SMILES string of the molecule is C=C[C@@H](CC=O)[C@H]1COC(C)(C)N1C(=O)OC(C)(C)C. The fourth-order valence-electron chi connectivity index (χ4n) is 2.34. The van der Waals surface area contributed by atoms with Crippen molar-refractivity contribution in [2.45, 2.75) is 58.4 Å². The van der Waals surface area contributed by atoms with Crippen molar-refractivity contribution in [2.24, 2.45) is 5.92 Å². The van der Waals surface area contributed by atoms with Gasteiger partial charge in [-0.2, -0.15) is 0 Å². The van der Waals surface area contributed by atoms with E-state index >= 15 is 0 Å². The molecule has 1 rings (SSSR count). The molecule has 0 aromatic carbocycles. The second kappa shape index (κ2) is 5.95. The predicted octanol–water partition coefficient (Wildman–Crippen LogP) is 2.75. The van der Waals surface area contributed by atoms with E-state index in [0.29, 0.717) is 13.0 Å². The lowest BCUT2D eigenvalue weighted by Gasteiger charge is -2.36. The van der Waals surface area contributed by atoms with Crippen molar-refractivity contribution in [2.75, 3.05) is 6.61 Å². The van der Waals surface area contributed by atoms with Crippen LogP contribution in [0.5, 0.6) is 0 Å². The summed E-state index contributed by atoms with van der Waals surface area (Å²) in [4.78, 5) is 24.8. The van der Waals surface area contributed by atoms with Gasteiger partial charge in [-0.1, -0.05) is 6.08 Å². The van der Waals surface area contributed by atoms with Crippen LogP contribution in [0.4, 0.5) is 4.79 Å². The van der Waals surface area contributed by atoms with E-state index in [2.05, 4.69) is 6.58 Å². The molecule has 0 unspecified atom stereocenters. The van der Waals surface area contributed by atoms with E-state index in [1.807, 2.05) is 34.6 Å². The molecule has 0 radical (unpaired) electrons. The van der Waals surface area contributed by atoms with Gasteiger partial charge in [0.15, 0.2) is 0 Å². The van der Waals surface area contributed by atoms with Gasteiger partial charge in [0, 0.05) is 12.3 Å². The minimum atomic E-state index is -0.753. The van der Waals surface area contributed by atoms with Crippen molar-refractivity contribution in [1.82, 2.24) is 4.90 Å². The first-order valence-electron chi connectivity index (χ1n) is 6.85. The zero-order valence-electron chi connectivity index (χ0n) is 13.0. The van der Waals surface area contributed by atoms with Crippen molar-refractivity contribution in [3.8, 4) is 0 Å². The van der Waals surface area contributed by atoms with Gasteiger partial charge in [0.2, 0.25) is 0 Å². The van der Waals surface area contributed by atoms with Gasteiger partial charge in [0.1, 0.15) is 17.6 Å². The van der Waals surface area contributed by atoms with Gasteiger partial charge < -0.3 is 14.3 Å². The highest BCUT2D eigenvalue weighted by Gasteiger charge is 2.47. The van der Waals surface area contributed by atoms with Crippen LogP contribution in [0.2, 0.25) is 0 Å². The number of carbonyl (C=O) groups is 2. The highest BCUT2D eigenvalue weighted by Crippen LogP contribution is 2.33. The molecule has 20 heavy (non-hydrogen) atoms. The van der Waals surface area contributed by atoms with E-state index in [1.165, 1.54) is 0 Å². The molecule has 2 atom stereocenters. The summed E-state index contributed by atoms with van der Waals surface area (Å²) < 4.78 is 11.1. The Labute approximate surface area is 120 Å². The van der Waals surface area contributed by atoms with E-state index < -0.39 is 17.4 Å². The van der Waals surface area contributed by atoms with Crippen molar-refractivity contribution in [1.29, 1.82) is 0 Å². The Morgan fingerprint density at radius 3 is 2.60 bits per heavy atom. The van der Waals surface area contributed by atoms with Crippen LogP contribution in [0.15, 0.2) is 12.7 Å². The Bertz CT molecular complexity index is 384. The molecular weight excluding hydrogens is 258 g/mol. The molecule has 1 saturated heterocycles. The largest absolute Gasteiger partial charge is 0.444 e. The second-order valence-electron chi connectivity index (χ2n) is 6.48. The molecule has 1 heterocycles. The van der Waals surface area contributed by atoms with E-state index in [1.54, 1.807) is 11.0 Å². The molecule has 1 aliphatic heterocycles. The lowest BCUT2D eigenvalue weighted by atomic mass is 9.96. The topological polar surface area (TPSA) is 55.8 Å². The Hall–Kier alpha value is -1.36. The van der Waals surface area contributed by atoms with Crippen LogP contribution in [0.1, 0.15) is 41.0 Å². The molecule has 1 fully saturated rings. The van der Waals surface area contributed by atoms with Crippen LogP contribution in [0.25, 0.3) is 0 Å². The third-order valence-electron chi connectivity index (χ3n) is 3.27. The molecule has 0 aromatic rings. The Balaban J connectivity index is 2.98. The van der Waals surface area contributed by atoms with Gasteiger partial charge in [0.25, 0.3) is 0 Å². The van der Waals surface area contributed by atoms with Crippen LogP contribution in [-0.4, -0.2) is 41.3 Å². The summed E-state index contributed by atoms with van der Waals surface area (Å²) in [5, 5.41) is 0. The maximum Gasteiger partial charge on any atom is 0.412 e. The van der Waals surface area contributed by atoms with Crippen molar-refractivity contribution in [3.05, 3.63) is 12.7 Å². The van der Waals surface area contributed by atoms with Crippen LogP contribution < -0.4 is 0 Å². The van der Waals surface area contributed by atoms with E-state index in [4.69, 9.17) is 9.47 Å². The number of nitrogens with zero attached hydrogens (tertiary/aromatic N) is 1. The van der Waals surface area contributed by atoms with Crippen LogP contribution in [0.3, 0.4) is 0 Å². The molecule has 1 amide bonds. The first kappa shape index (κ1) is 16.7. The zero-order valence-corrected chi connectivity index (χ0v) is 13.0. The summed E-state index contributed by atoms with van der Waals surface area (Å²) in [6.45, 7) is 13.2. The van der Waals surface area contributed by atoms with Crippen molar-refractivity contribution < 1.29 is 19.1 Å². The number of amides is 1. The summed E-state index contributed by atoms with van der Waals surface area (Å²) >= 11 is 0. The summed E-state index contributed by atoms with van der Waals surface area (Å²) in [5.74, 6) is -0.137. The third kappa shape index (κ3) is 3.82. The number of hydrogen-bond acceptors (Lipinski definition) is 4. The molecule has 5 heteroatoms. The minimum Gasteiger partial charge on any atom is -0.444 e. The van der Waals surface area contributed by atoms with Crippen molar-refractivity contribution >= 4 is 12.4 Å². The number of hydrogen-bond donors (Lipinski definition) is 0. The molecule has 0 aliphatic carbocycles. The maximum absolute atomic E-state index is 12.4. The summed E-state index contributed by atoms with van der Waals surface area (Å²) in [6.07, 6.45) is 2.42. The first-order valence-corrected chi connectivity index (χ1v) is 6.85. The number of aldehydes is 1. The average molecular weight is 283 g/mol. The van der Waals surface area contributed by atoms with Gasteiger partial charge >= 0.3 is 6.09 Å². The average Bonchev–Trinajstić information content (AvgIpc) is 2.59. The Morgan fingerprint density at radius 2 is 2.15 bits per heavy atom. The molecule has 0 spiro atoms. The van der Waals surface area contributed by atoms with Gasteiger partial charge in [-0.25, -0.2) is 4.79 Å². The quantitative estimate of drug-likeness (QED) is 0.588. The number of ether oxygens (including phenoxy) is 2. The molecule has 5 nitrogen and oxygen atoms in total. The Kier molecular flexibility index (Phi) is 4.97. The molecule has 0 saturated carbocycles. The fraction of sp³-hybridized carbons (Fsp3) is 0.733. The Morgan fingerprint density at radius 1 is 1.55 bits per heavy atom. The molecular formula is C15H25NO4. The number of rotatable bonds is 4. The summed E-state index contributed by atoms with van der Waals surface area (Å²) in [5.41, 5.74) is -1.33. The summed E-state index contributed by atoms with van der Waals surface area (Å²) in [7, 11) is 0. The molecule has 0 bridgehead atoms. The lowest BCUT2D eigenvalue weighted by molar-refractivity contribution is -0.109. The normalized spacial score (nSPS) is 23.2. The molecule has 1 aliphatic rings. The standard InChI is InChI=1S/C15H25NO4/c1-7-11(8-9-17)12-10-19-15(5,6)16(12)13(18)20-14(2,3)4/h7,9,11-12H,1,8,10H2,2-6H3/t11-,12+/m0/s1. The smallest absolute Gasteiger partial charge is 0.412 e. The summed E-state index contributed by atoms with van der Waals surface area (Å²) in [6, 6.07) is -0.234. The van der Waals surface area contributed by atoms with Crippen LogP contribution in [-0.2, 0) is 14.3 Å². The van der Waals surface area contributed by atoms with Gasteiger partial charge in [0.05, 0.1) is 12.6 Å². The minimum absolute atomic E-state index is 0.137. The number of carbonyl (C=O) groups excluding carboxylic acids is 2. The van der Waals surface area contributed by atoms with Crippen LogP contribution >= 0.6 is 0 Å². The van der Waals surface area contributed by atoms with E-state index in [-0.39, 0.29) is 12.0 Å². The fourth-order valence-corrected chi connectivity index (χ4v) is 2.34. The van der Waals surface area contributed by atoms with Crippen LogP contribution in [0, 0.1) is 5.92 Å². The monoisotopic (exact) mass is 283 g/mol. The lowest BCUT2D eigenvalue weighted by Crippen LogP contribution is -2.51. The molecule has 0 N–H and O–H groups in total. The second-order valence-corrected chi connectivity index (χ2v) is 6.48. The van der Waals surface area contributed by atoms with E-state index in [9.17, 15) is 9.59 Å². The first-order chi connectivity index (χ1) is 9.12. The molecule has 0 aromatic heterocycles. The van der Waals surface area contributed by atoms with E-state index in [0.717, 1.165) is 6.29 Å². The zero-order chi connectivity index (χ0) is 15.6. The van der Waals surface area contributed by atoms with Gasteiger partial charge in [-0.15, -0.1) is 6.58 Å². The van der Waals surface area contributed by atoms with Gasteiger partial charge in [-0.3, -0.25) is 4.90 Å². The third-order valence-corrected chi connectivity index (χ3v) is 3.27. The highest BCUT2D eigenvalue weighted by atomic mass is 16.6.